The van der Waals surface area contributed by atoms with Crippen LogP contribution in [0.2, 0.25) is 0 Å². The Morgan fingerprint density at radius 1 is 1.09 bits per heavy atom. The van der Waals surface area contributed by atoms with Gasteiger partial charge in [0.15, 0.2) is 0 Å². The third-order valence-corrected chi connectivity index (χ3v) is 5.02. The van der Waals surface area contributed by atoms with Crippen molar-refractivity contribution in [2.45, 2.75) is 66.7 Å². The summed E-state index contributed by atoms with van der Waals surface area (Å²) < 4.78 is 0. The Hall–Kier alpha value is -1.33. The van der Waals surface area contributed by atoms with Gasteiger partial charge in [0.2, 0.25) is 0 Å². The van der Waals surface area contributed by atoms with Gasteiger partial charge in [-0.25, -0.2) is 4.79 Å². The topological polar surface area (TPSA) is 17.1 Å². The predicted molar refractivity (Wildman–Crippen MR) is 95.7 cm³/mol. The molecule has 22 heavy (non-hydrogen) atoms. The minimum atomic E-state index is 0.398. The van der Waals surface area contributed by atoms with E-state index >= 15 is 0 Å². The summed E-state index contributed by atoms with van der Waals surface area (Å²) in [7, 11) is 0. The first-order chi connectivity index (χ1) is 10.5. The Bertz CT molecular complexity index is 463. The van der Waals surface area contributed by atoms with E-state index < -0.39 is 0 Å². The molecule has 0 saturated carbocycles. The molecule has 2 rings (SSSR count). The van der Waals surface area contributed by atoms with Crippen molar-refractivity contribution >= 4 is 5.94 Å². The predicted octanol–water partition coefficient (Wildman–Crippen LogP) is 5.65. The second kappa shape index (κ2) is 9.64. The summed E-state index contributed by atoms with van der Waals surface area (Å²) >= 11 is 0. The molecule has 0 bridgehead atoms. The fourth-order valence-corrected chi connectivity index (χ4v) is 2.97. The normalized spacial score (nSPS) is 16.0. The minimum Gasteiger partial charge on any atom is -0.234 e. The largest absolute Gasteiger partial charge is 0.234 e. The van der Waals surface area contributed by atoms with Crippen molar-refractivity contribution in [2.75, 3.05) is 0 Å². The van der Waals surface area contributed by atoms with Crippen molar-refractivity contribution in [2.24, 2.45) is 17.8 Å². The summed E-state index contributed by atoms with van der Waals surface area (Å²) in [5.74, 6) is 4.27. The van der Waals surface area contributed by atoms with E-state index in [1.165, 1.54) is 30.4 Å². The molecule has 0 heterocycles. The molecule has 1 aliphatic carbocycles. The highest BCUT2D eigenvalue weighted by Gasteiger charge is 2.22. The van der Waals surface area contributed by atoms with Gasteiger partial charge in [-0.2, -0.15) is 0 Å². The highest BCUT2D eigenvalue weighted by Crippen LogP contribution is 2.29. The second-order valence-corrected chi connectivity index (χ2v) is 6.92. The fraction of sp³-hybridized carbons (Fsp3) is 0.619. The summed E-state index contributed by atoms with van der Waals surface area (Å²) in [5.41, 5.74) is 3.64. The quantitative estimate of drug-likeness (QED) is 0.642. The lowest BCUT2D eigenvalue weighted by molar-refractivity contribution is 0.397. The van der Waals surface area contributed by atoms with Gasteiger partial charge in [-0.15, -0.1) is 0 Å². The lowest BCUT2D eigenvalue weighted by atomic mass is 9.94. The first-order valence-corrected chi connectivity index (χ1v) is 8.80. The first-order valence-electron chi connectivity index (χ1n) is 8.80. The number of fused-ring (bicyclic) bond motifs is 1. The van der Waals surface area contributed by atoms with E-state index in [1.54, 1.807) is 0 Å². The Morgan fingerprint density at radius 2 is 1.55 bits per heavy atom. The summed E-state index contributed by atoms with van der Waals surface area (Å²) in [6, 6.07) is 8.41. The van der Waals surface area contributed by atoms with Crippen molar-refractivity contribution in [1.29, 1.82) is 0 Å². The van der Waals surface area contributed by atoms with E-state index in [0.717, 1.165) is 30.3 Å². The van der Waals surface area contributed by atoms with Crippen LogP contribution in [0.5, 0.6) is 0 Å². The van der Waals surface area contributed by atoms with E-state index in [1.807, 2.05) is 12.9 Å². The van der Waals surface area contributed by atoms with Crippen LogP contribution < -0.4 is 0 Å². The molecule has 0 aromatic heterocycles. The average Bonchev–Trinajstić information content (AvgIpc) is 2.98. The smallest absolute Gasteiger partial charge is 0.123 e. The Labute approximate surface area is 136 Å². The van der Waals surface area contributed by atoms with Gasteiger partial charge in [0.05, 0.1) is 0 Å². The molecule has 1 aliphatic rings. The molecule has 0 fully saturated rings. The van der Waals surface area contributed by atoms with E-state index in [2.05, 4.69) is 52.0 Å². The van der Waals surface area contributed by atoms with Crippen LogP contribution in [0.1, 0.15) is 65.0 Å². The van der Waals surface area contributed by atoms with Crippen LogP contribution in [-0.4, -0.2) is 5.94 Å². The molecule has 0 N–H and O–H groups in total. The molecule has 1 nitrogen and oxygen atoms in total. The van der Waals surface area contributed by atoms with Gasteiger partial charge in [-0.05, 0) is 55.1 Å². The van der Waals surface area contributed by atoms with Crippen LogP contribution in [0.25, 0.3) is 0 Å². The molecular weight excluding hydrogens is 268 g/mol. The Balaban J connectivity index is 0.000000239. The lowest BCUT2D eigenvalue weighted by Gasteiger charge is -2.12. The molecule has 2 atom stereocenters. The van der Waals surface area contributed by atoms with Gasteiger partial charge in [0.25, 0.3) is 0 Å². The van der Waals surface area contributed by atoms with E-state index in [9.17, 15) is 4.79 Å². The zero-order valence-electron chi connectivity index (χ0n) is 15.0. The summed E-state index contributed by atoms with van der Waals surface area (Å²) in [4.78, 5) is 10.5. The van der Waals surface area contributed by atoms with Crippen LogP contribution in [0.4, 0.5) is 0 Å². The molecule has 2 unspecified atom stereocenters. The first kappa shape index (κ1) is 18.7. The second-order valence-electron chi connectivity index (χ2n) is 6.92. The fourth-order valence-electron chi connectivity index (χ4n) is 2.97. The minimum absolute atomic E-state index is 0.398. The van der Waals surface area contributed by atoms with Crippen molar-refractivity contribution < 1.29 is 4.79 Å². The molecule has 122 valence electrons. The number of carbonyl (C=O) groups excluding carboxylic acids is 1. The van der Waals surface area contributed by atoms with Gasteiger partial charge in [0, 0.05) is 5.57 Å². The number of benzene rings is 1. The van der Waals surface area contributed by atoms with Crippen LogP contribution in [0.3, 0.4) is 0 Å². The van der Waals surface area contributed by atoms with Crippen LogP contribution in [0, 0.1) is 17.8 Å². The van der Waals surface area contributed by atoms with Crippen molar-refractivity contribution in [3.63, 3.8) is 0 Å². The van der Waals surface area contributed by atoms with Crippen LogP contribution in [-0.2, 0) is 17.6 Å². The molecular formula is C21H32O. The van der Waals surface area contributed by atoms with Crippen LogP contribution >= 0.6 is 0 Å². The molecule has 0 spiro atoms. The summed E-state index contributed by atoms with van der Waals surface area (Å²) in [5, 5.41) is 0. The summed E-state index contributed by atoms with van der Waals surface area (Å²) in [6.45, 7) is 11.1. The lowest BCUT2D eigenvalue weighted by Crippen LogP contribution is -2.01. The number of allylic oxidation sites excluding steroid dienone is 1. The van der Waals surface area contributed by atoms with Crippen molar-refractivity contribution in [3.8, 4) is 0 Å². The van der Waals surface area contributed by atoms with E-state index in [0.29, 0.717) is 5.92 Å². The standard InChI is InChI=1S/C12H12O.C9H20/c1-9(8-13)12-6-10-4-2-3-5-11(10)7-12;1-5-8(3)7-9(4)6-2/h2-5,12H,6-7H2,1H3;8-9H,5-7H2,1-4H3. The number of hydrogen-bond acceptors (Lipinski definition) is 1. The maximum Gasteiger partial charge on any atom is 0.123 e. The monoisotopic (exact) mass is 300 g/mol. The average molecular weight is 300 g/mol. The molecule has 1 aromatic carbocycles. The van der Waals surface area contributed by atoms with Gasteiger partial charge in [0.1, 0.15) is 5.94 Å². The van der Waals surface area contributed by atoms with Gasteiger partial charge in [-0.3, -0.25) is 0 Å². The highest BCUT2D eigenvalue weighted by atomic mass is 16.1. The van der Waals surface area contributed by atoms with Gasteiger partial charge < -0.3 is 0 Å². The number of hydrogen-bond donors (Lipinski definition) is 0. The molecule has 0 amide bonds. The van der Waals surface area contributed by atoms with Gasteiger partial charge in [-0.1, -0.05) is 64.8 Å². The maximum atomic E-state index is 10.5. The van der Waals surface area contributed by atoms with Crippen LogP contribution in [0.15, 0.2) is 29.8 Å². The Morgan fingerprint density at radius 3 is 1.91 bits per heavy atom. The maximum absolute atomic E-state index is 10.5. The third-order valence-electron chi connectivity index (χ3n) is 5.02. The zero-order chi connectivity index (χ0) is 16.5. The molecule has 1 heteroatoms. The molecule has 0 saturated heterocycles. The molecule has 0 radical (unpaired) electrons. The Kier molecular flexibility index (Phi) is 8.20. The van der Waals surface area contributed by atoms with Crippen molar-refractivity contribution in [3.05, 3.63) is 41.0 Å². The molecule has 1 aromatic rings. The summed E-state index contributed by atoms with van der Waals surface area (Å²) in [6.07, 6.45) is 6.11. The SMILES string of the molecule is CC(=C=O)C1Cc2ccccc2C1.CCC(C)CC(C)CC. The van der Waals surface area contributed by atoms with E-state index in [4.69, 9.17) is 0 Å². The van der Waals surface area contributed by atoms with Crippen molar-refractivity contribution in [1.82, 2.24) is 0 Å². The zero-order valence-corrected chi connectivity index (χ0v) is 15.0. The van der Waals surface area contributed by atoms with E-state index in [-0.39, 0.29) is 0 Å². The highest BCUT2D eigenvalue weighted by molar-refractivity contribution is 5.54. The number of rotatable bonds is 5. The third kappa shape index (κ3) is 5.81. The molecule has 0 aliphatic heterocycles. The van der Waals surface area contributed by atoms with Gasteiger partial charge >= 0.3 is 0 Å².